The van der Waals surface area contributed by atoms with E-state index in [9.17, 15) is 0 Å². The number of halogens is 1. The Balaban J connectivity index is 2.62. The minimum atomic E-state index is 0.176. The summed E-state index contributed by atoms with van der Waals surface area (Å²) >= 11 is 6.23. The van der Waals surface area contributed by atoms with E-state index in [4.69, 9.17) is 22.2 Å². The SMILES string of the molecule is COC(C)CCC(Cc1c(Cl)c(C)nn1C)NN. The van der Waals surface area contributed by atoms with Crippen LogP contribution in [0.2, 0.25) is 5.02 Å². The second kappa shape index (κ2) is 7.09. The minimum Gasteiger partial charge on any atom is -0.382 e. The van der Waals surface area contributed by atoms with Crippen LogP contribution in [0.5, 0.6) is 0 Å². The molecule has 5 nitrogen and oxygen atoms in total. The number of hydrogen-bond donors (Lipinski definition) is 2. The molecule has 0 amide bonds. The van der Waals surface area contributed by atoms with Crippen LogP contribution < -0.4 is 11.3 Å². The zero-order valence-corrected chi connectivity index (χ0v) is 12.3. The van der Waals surface area contributed by atoms with Gasteiger partial charge < -0.3 is 4.74 Å². The minimum absolute atomic E-state index is 0.176. The number of aryl methyl sites for hydroxylation is 2. The molecule has 6 heteroatoms. The Bertz CT molecular complexity index is 380. The van der Waals surface area contributed by atoms with Gasteiger partial charge in [0.15, 0.2) is 0 Å². The van der Waals surface area contributed by atoms with Gasteiger partial charge in [-0.15, -0.1) is 0 Å². The van der Waals surface area contributed by atoms with Gasteiger partial charge in [0.25, 0.3) is 0 Å². The van der Waals surface area contributed by atoms with E-state index in [-0.39, 0.29) is 12.1 Å². The molecular formula is C12H23ClN4O. The van der Waals surface area contributed by atoms with Crippen LogP contribution in [0.15, 0.2) is 0 Å². The maximum atomic E-state index is 6.23. The summed E-state index contributed by atoms with van der Waals surface area (Å²) in [6, 6.07) is 0.176. The summed E-state index contributed by atoms with van der Waals surface area (Å²) in [4.78, 5) is 0. The summed E-state index contributed by atoms with van der Waals surface area (Å²) in [5, 5.41) is 5.03. The van der Waals surface area contributed by atoms with Gasteiger partial charge in [-0.1, -0.05) is 11.6 Å². The molecule has 1 rings (SSSR count). The molecule has 0 aliphatic rings. The maximum Gasteiger partial charge on any atom is 0.0847 e. The normalized spacial score (nSPS) is 14.8. The van der Waals surface area contributed by atoms with E-state index in [0.29, 0.717) is 0 Å². The van der Waals surface area contributed by atoms with Crippen LogP contribution in [0.4, 0.5) is 0 Å². The summed E-state index contributed by atoms with van der Waals surface area (Å²) in [6.07, 6.45) is 2.90. The van der Waals surface area contributed by atoms with Crippen LogP contribution in [-0.2, 0) is 18.2 Å². The van der Waals surface area contributed by atoms with Gasteiger partial charge in [-0.05, 0) is 26.7 Å². The Hall–Kier alpha value is -0.620. The lowest BCUT2D eigenvalue weighted by Gasteiger charge is -2.18. The zero-order valence-electron chi connectivity index (χ0n) is 11.5. The average molecular weight is 275 g/mol. The molecule has 2 atom stereocenters. The predicted molar refractivity (Wildman–Crippen MR) is 73.5 cm³/mol. The van der Waals surface area contributed by atoms with Crippen molar-refractivity contribution in [3.05, 3.63) is 16.4 Å². The van der Waals surface area contributed by atoms with Crippen LogP contribution in [0.25, 0.3) is 0 Å². The molecule has 0 aromatic carbocycles. The molecule has 0 fully saturated rings. The third-order valence-corrected chi connectivity index (χ3v) is 3.75. The van der Waals surface area contributed by atoms with E-state index in [1.165, 1.54) is 0 Å². The van der Waals surface area contributed by atoms with Crippen molar-refractivity contribution in [3.63, 3.8) is 0 Å². The standard InChI is InChI=1S/C12H23ClN4O/c1-8(18-4)5-6-10(15-14)7-11-12(13)9(2)16-17(11)3/h8,10,15H,5-7,14H2,1-4H3. The van der Waals surface area contributed by atoms with Crippen LogP contribution in [0.1, 0.15) is 31.2 Å². The third-order valence-electron chi connectivity index (χ3n) is 3.26. The number of hydrazine groups is 1. The number of rotatable bonds is 7. The van der Waals surface area contributed by atoms with Crippen LogP contribution in [0.3, 0.4) is 0 Å². The van der Waals surface area contributed by atoms with Crippen molar-refractivity contribution < 1.29 is 4.74 Å². The quantitative estimate of drug-likeness (QED) is 0.585. The van der Waals surface area contributed by atoms with Gasteiger partial charge in [-0.3, -0.25) is 16.0 Å². The largest absolute Gasteiger partial charge is 0.382 e. The monoisotopic (exact) mass is 274 g/mol. The highest BCUT2D eigenvalue weighted by atomic mass is 35.5. The number of ether oxygens (including phenoxy) is 1. The summed E-state index contributed by atoms with van der Waals surface area (Å²) in [6.45, 7) is 3.96. The molecule has 2 unspecified atom stereocenters. The summed E-state index contributed by atoms with van der Waals surface area (Å²) in [5.41, 5.74) is 4.71. The topological polar surface area (TPSA) is 65.1 Å². The van der Waals surface area contributed by atoms with Crippen molar-refractivity contribution in [3.8, 4) is 0 Å². The fourth-order valence-corrected chi connectivity index (χ4v) is 2.17. The van der Waals surface area contributed by atoms with Crippen molar-refractivity contribution in [2.75, 3.05) is 7.11 Å². The van der Waals surface area contributed by atoms with Crippen molar-refractivity contribution in [2.24, 2.45) is 12.9 Å². The van der Waals surface area contributed by atoms with E-state index >= 15 is 0 Å². The van der Waals surface area contributed by atoms with E-state index in [2.05, 4.69) is 17.4 Å². The Kier molecular flexibility index (Phi) is 6.08. The molecule has 1 aromatic heterocycles. The lowest BCUT2D eigenvalue weighted by atomic mass is 10.0. The molecule has 104 valence electrons. The molecule has 0 aliphatic heterocycles. The molecule has 0 radical (unpaired) electrons. The van der Waals surface area contributed by atoms with Gasteiger partial charge in [0.1, 0.15) is 0 Å². The number of methoxy groups -OCH3 is 1. The first kappa shape index (κ1) is 15.4. The Morgan fingerprint density at radius 3 is 2.61 bits per heavy atom. The van der Waals surface area contributed by atoms with Crippen molar-refractivity contribution >= 4 is 11.6 Å². The Morgan fingerprint density at radius 2 is 2.17 bits per heavy atom. The molecule has 0 spiro atoms. The van der Waals surface area contributed by atoms with E-state index in [1.807, 2.05) is 18.7 Å². The number of aromatic nitrogens is 2. The van der Waals surface area contributed by atoms with Gasteiger partial charge in [-0.2, -0.15) is 5.10 Å². The zero-order chi connectivity index (χ0) is 13.7. The lowest BCUT2D eigenvalue weighted by molar-refractivity contribution is 0.106. The number of nitrogens with two attached hydrogens (primary N) is 1. The number of hydrogen-bond acceptors (Lipinski definition) is 4. The van der Waals surface area contributed by atoms with Gasteiger partial charge in [-0.25, -0.2) is 0 Å². The molecule has 0 saturated heterocycles. The summed E-state index contributed by atoms with van der Waals surface area (Å²) < 4.78 is 7.06. The number of nitrogens with zero attached hydrogens (tertiary/aromatic N) is 2. The van der Waals surface area contributed by atoms with Crippen molar-refractivity contribution in [1.82, 2.24) is 15.2 Å². The third kappa shape index (κ3) is 3.95. The maximum absolute atomic E-state index is 6.23. The summed E-state index contributed by atoms with van der Waals surface area (Å²) in [7, 11) is 3.62. The highest BCUT2D eigenvalue weighted by Gasteiger charge is 2.17. The molecular weight excluding hydrogens is 252 g/mol. The summed E-state index contributed by atoms with van der Waals surface area (Å²) in [5.74, 6) is 5.59. The van der Waals surface area contributed by atoms with Gasteiger partial charge in [0.2, 0.25) is 0 Å². The molecule has 1 heterocycles. The molecule has 0 aliphatic carbocycles. The van der Waals surface area contributed by atoms with Gasteiger partial charge in [0.05, 0.1) is 22.5 Å². The first-order valence-corrected chi connectivity index (χ1v) is 6.54. The number of nitrogens with one attached hydrogen (secondary N) is 1. The van der Waals surface area contributed by atoms with Crippen LogP contribution >= 0.6 is 11.6 Å². The van der Waals surface area contributed by atoms with E-state index in [1.54, 1.807) is 7.11 Å². The highest BCUT2D eigenvalue weighted by Crippen LogP contribution is 2.21. The fraction of sp³-hybridized carbons (Fsp3) is 0.750. The average Bonchev–Trinajstić information content (AvgIpc) is 2.59. The second-order valence-electron chi connectivity index (χ2n) is 4.66. The first-order chi connectivity index (χ1) is 8.49. The smallest absolute Gasteiger partial charge is 0.0847 e. The van der Waals surface area contributed by atoms with Gasteiger partial charge >= 0.3 is 0 Å². The Morgan fingerprint density at radius 1 is 1.50 bits per heavy atom. The Labute approximate surface area is 114 Å². The first-order valence-electron chi connectivity index (χ1n) is 6.16. The molecule has 3 N–H and O–H groups in total. The molecule has 0 saturated carbocycles. The molecule has 18 heavy (non-hydrogen) atoms. The highest BCUT2D eigenvalue weighted by molar-refractivity contribution is 6.31. The van der Waals surface area contributed by atoms with Crippen molar-refractivity contribution in [2.45, 2.75) is 45.3 Å². The van der Waals surface area contributed by atoms with Gasteiger partial charge in [0, 0.05) is 26.6 Å². The van der Waals surface area contributed by atoms with E-state index in [0.717, 1.165) is 35.7 Å². The molecule has 1 aromatic rings. The second-order valence-corrected chi connectivity index (χ2v) is 5.04. The molecule has 0 bridgehead atoms. The van der Waals surface area contributed by atoms with Crippen LogP contribution in [-0.4, -0.2) is 29.0 Å². The fourth-order valence-electron chi connectivity index (χ4n) is 1.93. The van der Waals surface area contributed by atoms with E-state index < -0.39 is 0 Å². The van der Waals surface area contributed by atoms with Crippen molar-refractivity contribution in [1.29, 1.82) is 0 Å². The lowest BCUT2D eigenvalue weighted by Crippen LogP contribution is -2.37. The van der Waals surface area contributed by atoms with Crippen LogP contribution in [0, 0.1) is 6.92 Å². The predicted octanol–water partition coefficient (Wildman–Crippen LogP) is 1.57.